The van der Waals surface area contributed by atoms with Crippen LogP contribution in [0.1, 0.15) is 51.4 Å². The minimum absolute atomic E-state index is 0.128. The zero-order chi connectivity index (χ0) is 23.6. The number of hydrogen-bond acceptors (Lipinski definition) is 6. The van der Waals surface area contributed by atoms with Crippen LogP contribution in [0, 0.1) is 5.92 Å². The van der Waals surface area contributed by atoms with Gasteiger partial charge in [-0.05, 0) is 50.1 Å². The molecule has 1 aromatic carbocycles. The first-order chi connectivity index (χ1) is 15.2. The number of nitrogens with two attached hydrogens (primary N) is 1. The first-order valence-corrected chi connectivity index (χ1v) is 11.3. The second kappa shape index (κ2) is 12.7. The first kappa shape index (κ1) is 26.0. The van der Waals surface area contributed by atoms with E-state index in [0.29, 0.717) is 62.5 Å². The van der Waals surface area contributed by atoms with Crippen LogP contribution in [-0.2, 0) is 4.79 Å². The van der Waals surface area contributed by atoms with Crippen molar-refractivity contribution in [1.82, 2.24) is 4.90 Å². The van der Waals surface area contributed by atoms with Crippen LogP contribution in [-0.4, -0.2) is 64.9 Å². The van der Waals surface area contributed by atoms with E-state index >= 15 is 0 Å². The van der Waals surface area contributed by atoms with Gasteiger partial charge in [0.15, 0.2) is 0 Å². The molecule has 2 amide bonds. The largest absolute Gasteiger partial charge is 0.497 e. The molecule has 0 spiro atoms. The number of carbonyl (C=O) groups excluding carboxylic acids is 1. The Morgan fingerprint density at radius 2 is 1.91 bits per heavy atom. The van der Waals surface area contributed by atoms with Crippen LogP contribution in [0.5, 0.6) is 5.75 Å². The molecule has 10 heteroatoms. The number of urea groups is 1. The van der Waals surface area contributed by atoms with Crippen LogP contribution in [0.3, 0.4) is 0 Å². The highest BCUT2D eigenvalue weighted by Crippen LogP contribution is 2.27. The number of nitrogens with one attached hydrogen (secondary N) is 1. The summed E-state index contributed by atoms with van der Waals surface area (Å²) in [6.45, 7) is 1.33. The van der Waals surface area contributed by atoms with E-state index in [0.717, 1.165) is 19.3 Å². The third-order valence-corrected chi connectivity index (χ3v) is 6.22. The average molecular weight is 449 g/mol. The number of nitrogens with zero attached hydrogens (tertiary/aromatic N) is 1. The number of aliphatic carboxylic acids is 1. The molecular weight excluding hydrogens is 413 g/mol. The summed E-state index contributed by atoms with van der Waals surface area (Å²) in [4.78, 5) is 26.0. The quantitative estimate of drug-likeness (QED) is 0.244. The molecule has 1 unspecified atom stereocenters. The second-order valence-electron chi connectivity index (χ2n) is 8.67. The highest BCUT2D eigenvalue weighted by Gasteiger charge is 2.33. The number of hydrogen-bond donors (Lipinski definition) is 5. The SMILES string of the molecule is COc1cccc(NC(=O)N2CCC(CCCC(N)(CCCCB(O)O)C(=O)O)CC2)c1. The van der Waals surface area contributed by atoms with Gasteiger partial charge in [-0.3, -0.25) is 4.79 Å². The van der Waals surface area contributed by atoms with E-state index < -0.39 is 18.6 Å². The molecule has 32 heavy (non-hydrogen) atoms. The number of piperidine rings is 1. The van der Waals surface area contributed by atoms with Gasteiger partial charge in [0.25, 0.3) is 0 Å². The number of ether oxygens (including phenoxy) is 1. The Morgan fingerprint density at radius 1 is 1.22 bits per heavy atom. The maximum absolute atomic E-state index is 12.5. The molecule has 1 fully saturated rings. The number of anilines is 1. The zero-order valence-electron chi connectivity index (χ0n) is 18.8. The molecule has 0 aliphatic carbocycles. The third kappa shape index (κ3) is 8.33. The van der Waals surface area contributed by atoms with Gasteiger partial charge in [0.05, 0.1) is 7.11 Å². The standard InChI is InChI=1S/C22H36BN3O6/c1-32-19-8-4-7-18(16-19)25-21(29)26-14-9-17(10-15-26)6-5-12-22(24,20(27)28)11-2-3-13-23(30)31/h4,7-8,16-17,30-31H,2-3,5-6,9-15,24H2,1H3,(H,25,29)(H,27,28). The van der Waals surface area contributed by atoms with Gasteiger partial charge in [0.2, 0.25) is 0 Å². The molecule has 1 aliphatic heterocycles. The summed E-state index contributed by atoms with van der Waals surface area (Å²) in [5, 5.41) is 30.2. The number of carboxylic acid groups (broad SMARTS) is 1. The molecule has 1 aliphatic rings. The Balaban J connectivity index is 1.71. The Labute approximate surface area is 190 Å². The second-order valence-corrected chi connectivity index (χ2v) is 8.67. The monoisotopic (exact) mass is 449 g/mol. The fourth-order valence-corrected chi connectivity index (χ4v) is 4.14. The van der Waals surface area contributed by atoms with Gasteiger partial charge >= 0.3 is 19.1 Å². The van der Waals surface area contributed by atoms with Crippen molar-refractivity contribution in [3.8, 4) is 5.75 Å². The molecule has 1 atom stereocenters. The highest BCUT2D eigenvalue weighted by molar-refractivity contribution is 6.40. The van der Waals surface area contributed by atoms with Crippen LogP contribution in [0.4, 0.5) is 10.5 Å². The predicted molar refractivity (Wildman–Crippen MR) is 124 cm³/mol. The molecule has 1 aromatic rings. The molecule has 0 radical (unpaired) electrons. The Morgan fingerprint density at radius 3 is 2.53 bits per heavy atom. The number of amides is 2. The van der Waals surface area contributed by atoms with Crippen LogP contribution in [0.2, 0.25) is 6.32 Å². The molecular formula is C22H36BN3O6. The van der Waals surface area contributed by atoms with Crippen LogP contribution >= 0.6 is 0 Å². The molecule has 6 N–H and O–H groups in total. The van der Waals surface area contributed by atoms with Gasteiger partial charge in [-0.2, -0.15) is 0 Å². The van der Waals surface area contributed by atoms with Gasteiger partial charge in [0, 0.05) is 24.8 Å². The Hall–Kier alpha value is -2.30. The van der Waals surface area contributed by atoms with Crippen molar-refractivity contribution in [3.63, 3.8) is 0 Å². The van der Waals surface area contributed by atoms with Crippen molar-refractivity contribution in [2.45, 2.75) is 63.2 Å². The van der Waals surface area contributed by atoms with Gasteiger partial charge in [-0.25, -0.2) is 4.79 Å². The molecule has 2 rings (SSSR count). The van der Waals surface area contributed by atoms with E-state index in [-0.39, 0.29) is 12.4 Å². The minimum Gasteiger partial charge on any atom is -0.497 e. The topological polar surface area (TPSA) is 145 Å². The minimum atomic E-state index is -1.37. The third-order valence-electron chi connectivity index (χ3n) is 6.22. The van der Waals surface area contributed by atoms with Crippen molar-refractivity contribution in [3.05, 3.63) is 24.3 Å². The van der Waals surface area contributed by atoms with E-state index in [4.69, 9.17) is 20.5 Å². The lowest BCUT2D eigenvalue weighted by molar-refractivity contribution is -0.144. The van der Waals surface area contributed by atoms with Gasteiger partial charge < -0.3 is 35.8 Å². The Bertz CT molecular complexity index is 742. The molecule has 9 nitrogen and oxygen atoms in total. The van der Waals surface area contributed by atoms with Gasteiger partial charge in [-0.15, -0.1) is 0 Å². The van der Waals surface area contributed by atoms with Gasteiger partial charge in [-0.1, -0.05) is 31.7 Å². The van der Waals surface area contributed by atoms with E-state index in [2.05, 4.69) is 5.32 Å². The summed E-state index contributed by atoms with van der Waals surface area (Å²) >= 11 is 0. The maximum Gasteiger partial charge on any atom is 0.451 e. The fourth-order valence-electron chi connectivity index (χ4n) is 4.14. The van der Waals surface area contributed by atoms with Crippen LogP contribution in [0.15, 0.2) is 24.3 Å². The van der Waals surface area contributed by atoms with Crippen molar-refractivity contribution in [1.29, 1.82) is 0 Å². The van der Waals surface area contributed by atoms with Crippen LogP contribution in [0.25, 0.3) is 0 Å². The number of benzene rings is 1. The average Bonchev–Trinajstić information content (AvgIpc) is 2.77. The van der Waals surface area contributed by atoms with Crippen molar-refractivity contribution < 1.29 is 29.5 Å². The molecule has 178 valence electrons. The normalized spacial score (nSPS) is 16.3. The highest BCUT2D eigenvalue weighted by atomic mass is 16.5. The fraction of sp³-hybridized carbons (Fsp3) is 0.636. The summed E-state index contributed by atoms with van der Waals surface area (Å²) in [6, 6.07) is 7.11. The molecule has 0 saturated carbocycles. The number of methoxy groups -OCH3 is 1. The summed E-state index contributed by atoms with van der Waals surface area (Å²) in [7, 11) is 0.218. The number of carboxylic acids is 1. The summed E-state index contributed by atoms with van der Waals surface area (Å²) < 4.78 is 5.18. The number of rotatable bonds is 12. The predicted octanol–water partition coefficient (Wildman–Crippen LogP) is 2.53. The lowest BCUT2D eigenvalue weighted by Gasteiger charge is -2.32. The molecule has 0 aromatic heterocycles. The smallest absolute Gasteiger partial charge is 0.451 e. The van der Waals surface area contributed by atoms with E-state index in [1.165, 1.54) is 0 Å². The lowest BCUT2D eigenvalue weighted by Crippen LogP contribution is -2.48. The van der Waals surface area contributed by atoms with Gasteiger partial charge in [0.1, 0.15) is 11.3 Å². The van der Waals surface area contributed by atoms with Crippen molar-refractivity contribution in [2.24, 2.45) is 11.7 Å². The number of likely N-dealkylation sites (tertiary alicyclic amines) is 1. The zero-order valence-corrected chi connectivity index (χ0v) is 18.8. The summed E-state index contributed by atoms with van der Waals surface area (Å²) in [6.07, 6.45) is 5.35. The van der Waals surface area contributed by atoms with Crippen LogP contribution < -0.4 is 15.8 Å². The summed E-state index contributed by atoms with van der Waals surface area (Å²) in [5.74, 6) is 0.120. The Kier molecular flexibility index (Phi) is 10.3. The van der Waals surface area contributed by atoms with Crippen molar-refractivity contribution in [2.75, 3.05) is 25.5 Å². The lowest BCUT2D eigenvalue weighted by atomic mass is 9.80. The molecule has 1 heterocycles. The first-order valence-electron chi connectivity index (χ1n) is 11.3. The van der Waals surface area contributed by atoms with E-state index in [1.54, 1.807) is 18.1 Å². The van der Waals surface area contributed by atoms with E-state index in [1.807, 2.05) is 18.2 Å². The molecule has 1 saturated heterocycles. The molecule has 0 bridgehead atoms. The maximum atomic E-state index is 12.5. The van der Waals surface area contributed by atoms with Crippen molar-refractivity contribution >= 4 is 24.8 Å². The van der Waals surface area contributed by atoms with E-state index in [9.17, 15) is 14.7 Å². The number of unbranched alkanes of at least 4 members (excludes halogenated alkanes) is 1. The summed E-state index contributed by atoms with van der Waals surface area (Å²) in [5.41, 5.74) is 5.55. The number of carbonyl (C=O) groups is 2.